The van der Waals surface area contributed by atoms with Crippen LogP contribution in [-0.2, 0) is 0 Å². The minimum Gasteiger partial charge on any atom is -0.309 e. The summed E-state index contributed by atoms with van der Waals surface area (Å²) in [6, 6.07) is 79.9. The zero-order chi connectivity index (χ0) is 38.2. The van der Waals surface area contributed by atoms with E-state index in [0.717, 1.165) is 11.4 Å². The van der Waals surface area contributed by atoms with Gasteiger partial charge in [0.25, 0.3) is 0 Å². The lowest BCUT2D eigenvalue weighted by atomic mass is 9.86. The fraction of sp³-hybridized carbons (Fsp3) is 0. The summed E-state index contributed by atoms with van der Waals surface area (Å²) in [6.07, 6.45) is 0. The Morgan fingerprint density at radius 3 is 1.00 bits per heavy atom. The fourth-order valence-electron chi connectivity index (χ4n) is 9.57. The SMILES string of the molecule is c1ccc(-c2c3ccccc3c(-c3ccc(-n4c5ccccc5c5cc(-c6ccc(-n7c8ccccc8c8ccccc87)cc6)ccc54)cc3)c3ccccc23)cc1. The Kier molecular flexibility index (Phi) is 7.26. The lowest BCUT2D eigenvalue weighted by Crippen LogP contribution is -1.95. The van der Waals surface area contributed by atoms with Crippen molar-refractivity contribution in [3.63, 3.8) is 0 Å². The summed E-state index contributed by atoms with van der Waals surface area (Å²) < 4.78 is 4.79. The molecule has 0 atom stereocenters. The average Bonchev–Trinajstić information content (AvgIpc) is 3.81. The molecule has 2 heteroatoms. The van der Waals surface area contributed by atoms with Crippen LogP contribution < -0.4 is 0 Å². The molecule has 0 fully saturated rings. The van der Waals surface area contributed by atoms with Gasteiger partial charge in [0, 0.05) is 32.9 Å². The molecule has 0 N–H and O–H groups in total. The lowest BCUT2D eigenvalue weighted by molar-refractivity contribution is 1.18. The molecule has 0 unspecified atom stereocenters. The minimum atomic E-state index is 1.15. The Morgan fingerprint density at radius 1 is 0.207 bits per heavy atom. The van der Waals surface area contributed by atoms with Crippen LogP contribution in [0.1, 0.15) is 0 Å². The van der Waals surface area contributed by atoms with Gasteiger partial charge >= 0.3 is 0 Å². The summed E-state index contributed by atoms with van der Waals surface area (Å²) >= 11 is 0. The third-order valence-electron chi connectivity index (χ3n) is 12.1. The van der Waals surface area contributed by atoms with E-state index >= 15 is 0 Å². The second kappa shape index (κ2) is 12.9. The Hall–Kier alpha value is -7.68. The highest BCUT2D eigenvalue weighted by Crippen LogP contribution is 2.44. The van der Waals surface area contributed by atoms with Gasteiger partial charge in [0.15, 0.2) is 0 Å². The summed E-state index contributed by atoms with van der Waals surface area (Å²) in [6.45, 7) is 0. The highest BCUT2D eigenvalue weighted by Gasteiger charge is 2.18. The average molecular weight is 737 g/mol. The molecule has 0 aliphatic rings. The molecule has 0 aliphatic heterocycles. The molecule has 12 rings (SSSR count). The summed E-state index contributed by atoms with van der Waals surface area (Å²) in [4.78, 5) is 0. The first-order chi connectivity index (χ1) is 28.8. The van der Waals surface area contributed by atoms with Crippen LogP contribution in [-0.4, -0.2) is 9.13 Å². The number of nitrogens with zero attached hydrogens (tertiary/aromatic N) is 2. The Bertz CT molecular complexity index is 3420. The first-order valence-corrected chi connectivity index (χ1v) is 20.0. The van der Waals surface area contributed by atoms with Gasteiger partial charge in [-0.3, -0.25) is 0 Å². The molecule has 0 amide bonds. The number of para-hydroxylation sites is 3. The van der Waals surface area contributed by atoms with Crippen molar-refractivity contribution in [2.45, 2.75) is 0 Å². The number of hydrogen-bond donors (Lipinski definition) is 0. The number of fused-ring (bicyclic) bond motifs is 8. The molecule has 2 aromatic heterocycles. The van der Waals surface area contributed by atoms with Crippen LogP contribution in [0.25, 0.3) is 110 Å². The van der Waals surface area contributed by atoms with E-state index < -0.39 is 0 Å². The van der Waals surface area contributed by atoms with Gasteiger partial charge in [0.1, 0.15) is 0 Å². The third-order valence-corrected chi connectivity index (χ3v) is 12.1. The first kappa shape index (κ1) is 32.6. The maximum atomic E-state index is 2.41. The van der Waals surface area contributed by atoms with E-state index in [1.165, 1.54) is 98.5 Å². The van der Waals surface area contributed by atoms with E-state index in [1.54, 1.807) is 0 Å². The summed E-state index contributed by atoms with van der Waals surface area (Å²) in [7, 11) is 0. The highest BCUT2D eigenvalue weighted by molar-refractivity contribution is 6.21. The predicted octanol–water partition coefficient (Wildman–Crippen LogP) is 15.2. The Morgan fingerprint density at radius 2 is 0.534 bits per heavy atom. The maximum absolute atomic E-state index is 2.41. The maximum Gasteiger partial charge on any atom is 0.0541 e. The van der Waals surface area contributed by atoms with Crippen molar-refractivity contribution in [1.82, 2.24) is 9.13 Å². The van der Waals surface area contributed by atoms with Crippen molar-refractivity contribution in [3.8, 4) is 44.8 Å². The monoisotopic (exact) mass is 736 g/mol. The number of benzene rings is 10. The van der Waals surface area contributed by atoms with Crippen molar-refractivity contribution >= 4 is 65.2 Å². The topological polar surface area (TPSA) is 9.86 Å². The van der Waals surface area contributed by atoms with Crippen molar-refractivity contribution in [2.75, 3.05) is 0 Å². The molecule has 0 bridgehead atoms. The number of hydrogen-bond acceptors (Lipinski definition) is 0. The molecule has 2 heterocycles. The molecule has 0 saturated heterocycles. The van der Waals surface area contributed by atoms with E-state index in [1.807, 2.05) is 0 Å². The standard InChI is InChI=1S/C56H36N2/c1-2-14-38(15-3-1)55-46-19-4-6-21-48(46)56(49-22-7-5-20-47(49)55)39-28-33-42(34-29-39)58-53-25-13-10-18-45(53)50-36-40(30-35-54(50)58)37-26-31-41(32-27-37)57-51-23-11-8-16-43(51)44-17-9-12-24-52(44)57/h1-36H. The largest absolute Gasteiger partial charge is 0.309 e. The molecule has 0 spiro atoms. The summed E-state index contributed by atoms with van der Waals surface area (Å²) in [5.41, 5.74) is 14.6. The molecule has 0 aliphatic carbocycles. The molecule has 2 nitrogen and oxygen atoms in total. The van der Waals surface area contributed by atoms with E-state index in [2.05, 4.69) is 228 Å². The van der Waals surface area contributed by atoms with Crippen molar-refractivity contribution in [2.24, 2.45) is 0 Å². The van der Waals surface area contributed by atoms with E-state index in [9.17, 15) is 0 Å². The number of aromatic nitrogens is 2. The third kappa shape index (κ3) is 4.92. The van der Waals surface area contributed by atoms with Crippen LogP contribution in [0, 0.1) is 0 Å². The van der Waals surface area contributed by atoms with Crippen molar-refractivity contribution in [3.05, 3.63) is 218 Å². The van der Waals surface area contributed by atoms with Gasteiger partial charge in [-0.05, 0) is 110 Å². The highest BCUT2D eigenvalue weighted by atomic mass is 15.0. The van der Waals surface area contributed by atoms with Gasteiger partial charge in [0.2, 0.25) is 0 Å². The predicted molar refractivity (Wildman–Crippen MR) is 246 cm³/mol. The van der Waals surface area contributed by atoms with Crippen LogP contribution >= 0.6 is 0 Å². The van der Waals surface area contributed by atoms with E-state index in [-0.39, 0.29) is 0 Å². The van der Waals surface area contributed by atoms with Gasteiger partial charge in [-0.1, -0.05) is 164 Å². The number of rotatable bonds is 5. The van der Waals surface area contributed by atoms with E-state index in [4.69, 9.17) is 0 Å². The smallest absolute Gasteiger partial charge is 0.0541 e. The normalized spacial score (nSPS) is 11.8. The van der Waals surface area contributed by atoms with Crippen LogP contribution in [0.5, 0.6) is 0 Å². The quantitative estimate of drug-likeness (QED) is 0.156. The van der Waals surface area contributed by atoms with Crippen LogP contribution in [0.15, 0.2) is 218 Å². The van der Waals surface area contributed by atoms with Gasteiger partial charge in [0.05, 0.1) is 22.1 Å². The zero-order valence-electron chi connectivity index (χ0n) is 31.7. The molecular weight excluding hydrogens is 701 g/mol. The van der Waals surface area contributed by atoms with Crippen molar-refractivity contribution in [1.29, 1.82) is 0 Å². The molecule has 0 radical (unpaired) electrons. The second-order valence-corrected chi connectivity index (χ2v) is 15.3. The minimum absolute atomic E-state index is 1.15. The molecule has 58 heavy (non-hydrogen) atoms. The molecular formula is C56H36N2. The molecule has 12 aromatic rings. The van der Waals surface area contributed by atoms with Crippen LogP contribution in [0.3, 0.4) is 0 Å². The Balaban J connectivity index is 0.957. The summed E-state index contributed by atoms with van der Waals surface area (Å²) in [5.74, 6) is 0. The molecule has 0 saturated carbocycles. The van der Waals surface area contributed by atoms with Gasteiger partial charge in [-0.2, -0.15) is 0 Å². The molecule has 10 aromatic carbocycles. The van der Waals surface area contributed by atoms with Gasteiger partial charge in [-0.15, -0.1) is 0 Å². The van der Waals surface area contributed by atoms with Gasteiger partial charge in [-0.25, -0.2) is 0 Å². The van der Waals surface area contributed by atoms with E-state index in [0.29, 0.717) is 0 Å². The first-order valence-electron chi connectivity index (χ1n) is 20.0. The lowest BCUT2D eigenvalue weighted by Gasteiger charge is -2.18. The van der Waals surface area contributed by atoms with Crippen molar-refractivity contribution < 1.29 is 0 Å². The second-order valence-electron chi connectivity index (χ2n) is 15.3. The molecule has 270 valence electrons. The summed E-state index contributed by atoms with van der Waals surface area (Å²) in [5, 5.41) is 10.1. The zero-order valence-corrected chi connectivity index (χ0v) is 31.7. The van der Waals surface area contributed by atoms with Gasteiger partial charge < -0.3 is 9.13 Å². The Labute approximate surface area is 336 Å². The van der Waals surface area contributed by atoms with Crippen LogP contribution in [0.2, 0.25) is 0 Å². The fourth-order valence-corrected chi connectivity index (χ4v) is 9.57. The van der Waals surface area contributed by atoms with Crippen LogP contribution in [0.4, 0.5) is 0 Å².